The number of benzene rings is 1. The van der Waals surface area contributed by atoms with Crippen LogP contribution in [0.4, 0.5) is 13.9 Å². The molecule has 0 spiro atoms. The number of hydrogen-bond donors (Lipinski definition) is 1. The number of nitrogens with one attached hydrogen (secondary N) is 1. The van der Waals surface area contributed by atoms with E-state index in [2.05, 4.69) is 10.3 Å². The van der Waals surface area contributed by atoms with Crippen LogP contribution in [-0.4, -0.2) is 34.3 Å². The Morgan fingerprint density at radius 1 is 1.28 bits per heavy atom. The van der Waals surface area contributed by atoms with Crippen molar-refractivity contribution in [1.29, 1.82) is 0 Å². The molecule has 2 heterocycles. The molecule has 4 rings (SSSR count). The van der Waals surface area contributed by atoms with Crippen molar-refractivity contribution in [3.8, 4) is 11.3 Å². The van der Waals surface area contributed by atoms with Gasteiger partial charge in [0, 0.05) is 24.4 Å². The van der Waals surface area contributed by atoms with Crippen molar-refractivity contribution in [2.75, 3.05) is 11.9 Å². The number of halogens is 2. The summed E-state index contributed by atoms with van der Waals surface area (Å²) >= 11 is 1.09. The van der Waals surface area contributed by atoms with Gasteiger partial charge in [0.25, 0.3) is 0 Å². The molecule has 8 heteroatoms. The van der Waals surface area contributed by atoms with Gasteiger partial charge in [0.15, 0.2) is 5.13 Å². The van der Waals surface area contributed by atoms with Gasteiger partial charge in [0.05, 0.1) is 17.2 Å². The average Bonchev–Trinajstić information content (AvgIpc) is 3.19. The van der Waals surface area contributed by atoms with E-state index in [-0.39, 0.29) is 34.6 Å². The predicted molar refractivity (Wildman–Crippen MR) is 88.9 cm³/mol. The zero-order valence-electron chi connectivity index (χ0n) is 13.2. The summed E-state index contributed by atoms with van der Waals surface area (Å²) in [6.07, 6.45) is 2.21. The number of likely N-dealkylation sites (tertiary alicyclic amines) is 1. The van der Waals surface area contributed by atoms with Crippen LogP contribution in [0.2, 0.25) is 0 Å². The van der Waals surface area contributed by atoms with Crippen molar-refractivity contribution in [2.45, 2.75) is 25.3 Å². The SMILES string of the molecule is O=C(Nc1nc(-c2c(F)cccc2F)cs1)C1CC(=O)N(C2CC2)C1. The van der Waals surface area contributed by atoms with Gasteiger partial charge in [-0.15, -0.1) is 11.3 Å². The van der Waals surface area contributed by atoms with E-state index in [1.807, 2.05) is 0 Å². The summed E-state index contributed by atoms with van der Waals surface area (Å²) in [5.74, 6) is -2.10. The van der Waals surface area contributed by atoms with E-state index in [1.165, 1.54) is 11.4 Å². The lowest BCUT2D eigenvalue weighted by molar-refractivity contribution is -0.128. The third-order valence-electron chi connectivity index (χ3n) is 4.47. The summed E-state index contributed by atoms with van der Waals surface area (Å²) < 4.78 is 27.6. The number of carbonyl (C=O) groups excluding carboxylic acids is 2. The minimum Gasteiger partial charge on any atom is -0.339 e. The summed E-state index contributed by atoms with van der Waals surface area (Å²) in [4.78, 5) is 30.2. The molecule has 1 atom stereocenters. The number of anilines is 1. The lowest BCUT2D eigenvalue weighted by atomic mass is 10.1. The van der Waals surface area contributed by atoms with E-state index in [4.69, 9.17) is 0 Å². The van der Waals surface area contributed by atoms with Gasteiger partial charge in [-0.05, 0) is 25.0 Å². The molecule has 1 aliphatic heterocycles. The summed E-state index contributed by atoms with van der Waals surface area (Å²) in [5.41, 5.74) is -0.0757. The summed E-state index contributed by atoms with van der Waals surface area (Å²) in [6, 6.07) is 3.89. The van der Waals surface area contributed by atoms with Crippen molar-refractivity contribution in [1.82, 2.24) is 9.88 Å². The smallest absolute Gasteiger partial charge is 0.231 e. The van der Waals surface area contributed by atoms with Crippen molar-refractivity contribution in [2.24, 2.45) is 5.92 Å². The topological polar surface area (TPSA) is 62.3 Å². The highest BCUT2D eigenvalue weighted by Crippen LogP contribution is 2.33. The van der Waals surface area contributed by atoms with Crippen LogP contribution in [0.15, 0.2) is 23.6 Å². The molecule has 0 radical (unpaired) electrons. The normalized spacial score (nSPS) is 20.2. The minimum atomic E-state index is -0.704. The summed E-state index contributed by atoms with van der Waals surface area (Å²) in [7, 11) is 0. The zero-order valence-corrected chi connectivity index (χ0v) is 14.0. The Hall–Kier alpha value is -2.35. The Labute approximate surface area is 146 Å². The van der Waals surface area contributed by atoms with Crippen LogP contribution in [0, 0.1) is 17.6 Å². The molecule has 1 N–H and O–H groups in total. The largest absolute Gasteiger partial charge is 0.339 e. The third kappa shape index (κ3) is 3.13. The molecule has 1 saturated carbocycles. The molecule has 130 valence electrons. The molecule has 2 aromatic rings. The first kappa shape index (κ1) is 16.1. The van der Waals surface area contributed by atoms with Crippen molar-refractivity contribution >= 4 is 28.3 Å². The number of rotatable bonds is 4. The molecule has 5 nitrogen and oxygen atoms in total. The predicted octanol–water partition coefficient (Wildman–Crippen LogP) is 3.04. The number of carbonyl (C=O) groups is 2. The highest BCUT2D eigenvalue weighted by molar-refractivity contribution is 7.14. The van der Waals surface area contributed by atoms with Crippen LogP contribution in [0.3, 0.4) is 0 Å². The second kappa shape index (κ2) is 6.18. The lowest BCUT2D eigenvalue weighted by Crippen LogP contribution is -2.29. The maximum atomic E-state index is 13.8. The van der Waals surface area contributed by atoms with Gasteiger partial charge < -0.3 is 10.2 Å². The Kier molecular flexibility index (Phi) is 3.99. The number of hydrogen-bond acceptors (Lipinski definition) is 4. The molecular formula is C17H15F2N3O2S. The highest BCUT2D eigenvalue weighted by Gasteiger charge is 2.41. The first-order valence-corrected chi connectivity index (χ1v) is 8.91. The van der Waals surface area contributed by atoms with Crippen molar-refractivity contribution in [3.63, 3.8) is 0 Å². The van der Waals surface area contributed by atoms with Crippen LogP contribution in [0.1, 0.15) is 19.3 Å². The van der Waals surface area contributed by atoms with Gasteiger partial charge in [0.2, 0.25) is 11.8 Å². The van der Waals surface area contributed by atoms with Gasteiger partial charge in [-0.1, -0.05) is 6.07 Å². The molecule has 2 fully saturated rings. The molecule has 0 bridgehead atoms. The van der Waals surface area contributed by atoms with Crippen LogP contribution < -0.4 is 5.32 Å². The molecule has 1 unspecified atom stereocenters. The fourth-order valence-corrected chi connectivity index (χ4v) is 3.75. The Bertz CT molecular complexity index is 830. The second-order valence-corrected chi connectivity index (χ2v) is 7.16. The molecule has 1 saturated heterocycles. The maximum absolute atomic E-state index is 13.8. The third-order valence-corrected chi connectivity index (χ3v) is 5.23. The van der Waals surface area contributed by atoms with E-state index in [9.17, 15) is 18.4 Å². The van der Waals surface area contributed by atoms with Crippen molar-refractivity contribution in [3.05, 3.63) is 35.2 Å². The average molecular weight is 363 g/mol. The van der Waals surface area contributed by atoms with Gasteiger partial charge >= 0.3 is 0 Å². The summed E-state index contributed by atoms with van der Waals surface area (Å²) in [5, 5.41) is 4.42. The van der Waals surface area contributed by atoms with Crippen LogP contribution in [-0.2, 0) is 9.59 Å². The molecule has 2 aliphatic rings. The van der Waals surface area contributed by atoms with Crippen LogP contribution >= 0.6 is 11.3 Å². The standard InChI is InChI=1S/C17H15F2N3O2S/c18-11-2-1-3-12(19)15(11)13-8-25-17(20-13)21-16(24)9-6-14(23)22(7-9)10-4-5-10/h1-3,8-10H,4-7H2,(H,20,21,24). The molecule has 1 aromatic heterocycles. The van der Waals surface area contributed by atoms with E-state index < -0.39 is 17.6 Å². The van der Waals surface area contributed by atoms with Gasteiger partial charge in [-0.25, -0.2) is 13.8 Å². The number of aromatic nitrogens is 1. The maximum Gasteiger partial charge on any atom is 0.231 e. The highest BCUT2D eigenvalue weighted by atomic mass is 32.1. The van der Waals surface area contributed by atoms with Gasteiger partial charge in [-0.3, -0.25) is 9.59 Å². The van der Waals surface area contributed by atoms with Crippen LogP contribution in [0.5, 0.6) is 0 Å². The molecule has 1 aliphatic carbocycles. The van der Waals surface area contributed by atoms with E-state index in [0.717, 1.165) is 36.3 Å². The fraction of sp³-hybridized carbons (Fsp3) is 0.353. The Morgan fingerprint density at radius 2 is 2.00 bits per heavy atom. The van der Waals surface area contributed by atoms with E-state index >= 15 is 0 Å². The summed E-state index contributed by atoms with van der Waals surface area (Å²) in [6.45, 7) is 0.426. The number of nitrogens with zero attached hydrogens (tertiary/aromatic N) is 2. The minimum absolute atomic E-state index is 0.0101. The monoisotopic (exact) mass is 363 g/mol. The van der Waals surface area contributed by atoms with E-state index in [1.54, 1.807) is 4.90 Å². The second-order valence-electron chi connectivity index (χ2n) is 6.30. The molecule has 1 aromatic carbocycles. The first-order valence-electron chi connectivity index (χ1n) is 8.03. The fourth-order valence-electron chi connectivity index (χ4n) is 3.04. The molecule has 25 heavy (non-hydrogen) atoms. The Morgan fingerprint density at radius 3 is 2.68 bits per heavy atom. The van der Waals surface area contributed by atoms with Gasteiger partial charge in [0.1, 0.15) is 11.6 Å². The Balaban J connectivity index is 1.46. The van der Waals surface area contributed by atoms with E-state index in [0.29, 0.717) is 12.6 Å². The number of thiazole rings is 1. The number of amides is 2. The quantitative estimate of drug-likeness (QED) is 0.908. The van der Waals surface area contributed by atoms with Gasteiger partial charge in [-0.2, -0.15) is 0 Å². The van der Waals surface area contributed by atoms with Crippen molar-refractivity contribution < 1.29 is 18.4 Å². The van der Waals surface area contributed by atoms with Crippen LogP contribution in [0.25, 0.3) is 11.3 Å². The lowest BCUT2D eigenvalue weighted by Gasteiger charge is -2.14. The first-order chi connectivity index (χ1) is 12.0. The molecule has 2 amide bonds. The molecular weight excluding hydrogens is 348 g/mol. The zero-order chi connectivity index (χ0) is 17.6.